The molecule has 0 unspecified atom stereocenters. The summed E-state index contributed by atoms with van der Waals surface area (Å²) >= 11 is 1.94. The van der Waals surface area contributed by atoms with Crippen molar-refractivity contribution in [2.45, 2.75) is 37.5 Å². The summed E-state index contributed by atoms with van der Waals surface area (Å²) in [6, 6.07) is 10.7. The second kappa shape index (κ2) is 6.46. The third-order valence-corrected chi connectivity index (χ3v) is 4.54. The van der Waals surface area contributed by atoms with Crippen molar-refractivity contribution in [3.63, 3.8) is 0 Å². The lowest BCUT2D eigenvalue weighted by molar-refractivity contribution is 0.428. The van der Waals surface area contributed by atoms with Crippen molar-refractivity contribution in [3.8, 4) is 0 Å². The number of hydrogen-bond acceptors (Lipinski definition) is 2. The van der Waals surface area contributed by atoms with Gasteiger partial charge in [-0.2, -0.15) is 0 Å². The van der Waals surface area contributed by atoms with Gasteiger partial charge < -0.3 is 5.32 Å². The van der Waals surface area contributed by atoms with Gasteiger partial charge in [0.1, 0.15) is 0 Å². The van der Waals surface area contributed by atoms with E-state index >= 15 is 0 Å². The van der Waals surface area contributed by atoms with Crippen molar-refractivity contribution in [2.24, 2.45) is 5.41 Å². The Hall–Kier alpha value is -0.470. The number of rotatable bonds is 8. The van der Waals surface area contributed by atoms with Gasteiger partial charge in [-0.15, -0.1) is 11.8 Å². The Morgan fingerprint density at radius 1 is 1.24 bits per heavy atom. The molecule has 1 aliphatic carbocycles. The van der Waals surface area contributed by atoms with Crippen LogP contribution in [0.15, 0.2) is 35.2 Å². The normalized spacial score (nSPS) is 17.0. The average Bonchev–Trinajstić information content (AvgIpc) is 3.11. The van der Waals surface area contributed by atoms with Crippen LogP contribution in [0.2, 0.25) is 0 Å². The van der Waals surface area contributed by atoms with Crippen LogP contribution < -0.4 is 5.32 Å². The molecule has 0 atom stereocenters. The summed E-state index contributed by atoms with van der Waals surface area (Å²) < 4.78 is 0. The molecule has 1 saturated carbocycles. The molecule has 0 radical (unpaired) electrons. The molecule has 0 aliphatic heterocycles. The van der Waals surface area contributed by atoms with Gasteiger partial charge in [-0.1, -0.05) is 31.5 Å². The standard InChI is InChI=1S/C15H23NS/c1-2-8-15(9-10-15)13-16-11-12-17-14-6-4-3-5-7-14/h3-7,16H,2,8-13H2,1H3. The van der Waals surface area contributed by atoms with Gasteiger partial charge >= 0.3 is 0 Å². The maximum atomic E-state index is 3.62. The first-order chi connectivity index (χ1) is 8.35. The monoisotopic (exact) mass is 249 g/mol. The first-order valence-corrected chi connectivity index (χ1v) is 7.72. The summed E-state index contributed by atoms with van der Waals surface area (Å²) in [5, 5.41) is 3.62. The molecule has 0 bridgehead atoms. The van der Waals surface area contributed by atoms with Crippen LogP contribution in [0.5, 0.6) is 0 Å². The zero-order valence-electron chi connectivity index (χ0n) is 10.7. The van der Waals surface area contributed by atoms with Crippen molar-refractivity contribution in [1.82, 2.24) is 5.32 Å². The molecule has 0 spiro atoms. The van der Waals surface area contributed by atoms with E-state index in [0.29, 0.717) is 5.41 Å². The molecule has 2 heteroatoms. The highest BCUT2D eigenvalue weighted by atomic mass is 32.2. The van der Waals surface area contributed by atoms with E-state index in [-0.39, 0.29) is 0 Å². The lowest BCUT2D eigenvalue weighted by Gasteiger charge is -2.14. The van der Waals surface area contributed by atoms with Gasteiger partial charge in [-0.3, -0.25) is 0 Å². The highest BCUT2D eigenvalue weighted by Gasteiger charge is 2.40. The second-order valence-corrected chi connectivity index (χ2v) is 6.26. The maximum absolute atomic E-state index is 3.62. The summed E-state index contributed by atoms with van der Waals surface area (Å²) in [5.74, 6) is 1.17. The van der Waals surface area contributed by atoms with E-state index in [0.717, 1.165) is 6.54 Å². The van der Waals surface area contributed by atoms with Crippen LogP contribution in [-0.4, -0.2) is 18.8 Å². The van der Waals surface area contributed by atoms with Crippen molar-refractivity contribution in [3.05, 3.63) is 30.3 Å². The lowest BCUT2D eigenvalue weighted by atomic mass is 10.0. The molecular weight excluding hydrogens is 226 g/mol. The molecule has 0 saturated heterocycles. The largest absolute Gasteiger partial charge is 0.315 e. The summed E-state index contributed by atoms with van der Waals surface area (Å²) in [7, 11) is 0. The van der Waals surface area contributed by atoms with Gasteiger partial charge in [-0.05, 0) is 36.8 Å². The number of thioether (sulfide) groups is 1. The molecule has 2 rings (SSSR count). The SMILES string of the molecule is CCCC1(CNCCSc2ccccc2)CC1. The van der Waals surface area contributed by atoms with E-state index in [2.05, 4.69) is 42.6 Å². The van der Waals surface area contributed by atoms with Gasteiger partial charge in [0.2, 0.25) is 0 Å². The van der Waals surface area contributed by atoms with Crippen LogP contribution in [0.1, 0.15) is 32.6 Å². The van der Waals surface area contributed by atoms with Gasteiger partial charge in [0.05, 0.1) is 0 Å². The molecular formula is C15H23NS. The van der Waals surface area contributed by atoms with Gasteiger partial charge in [0.25, 0.3) is 0 Å². The molecule has 1 N–H and O–H groups in total. The topological polar surface area (TPSA) is 12.0 Å². The van der Waals surface area contributed by atoms with Gasteiger partial charge in [0.15, 0.2) is 0 Å². The van der Waals surface area contributed by atoms with Gasteiger partial charge in [-0.25, -0.2) is 0 Å². The van der Waals surface area contributed by atoms with Crippen molar-refractivity contribution < 1.29 is 0 Å². The molecule has 17 heavy (non-hydrogen) atoms. The molecule has 0 heterocycles. The molecule has 0 amide bonds. The highest BCUT2D eigenvalue weighted by molar-refractivity contribution is 7.99. The number of nitrogens with one attached hydrogen (secondary N) is 1. The summed E-state index contributed by atoms with van der Waals surface area (Å²) in [5.41, 5.74) is 0.687. The van der Waals surface area contributed by atoms with E-state index in [4.69, 9.17) is 0 Å². The van der Waals surface area contributed by atoms with Crippen molar-refractivity contribution >= 4 is 11.8 Å². The van der Waals surface area contributed by atoms with Crippen molar-refractivity contribution in [1.29, 1.82) is 0 Å². The van der Waals surface area contributed by atoms with Crippen LogP contribution in [0.3, 0.4) is 0 Å². The fraction of sp³-hybridized carbons (Fsp3) is 0.600. The second-order valence-electron chi connectivity index (χ2n) is 5.09. The van der Waals surface area contributed by atoms with E-state index < -0.39 is 0 Å². The quantitative estimate of drug-likeness (QED) is 0.553. The average molecular weight is 249 g/mol. The minimum absolute atomic E-state index is 0.687. The van der Waals surface area contributed by atoms with Crippen LogP contribution in [0.25, 0.3) is 0 Å². The fourth-order valence-corrected chi connectivity index (χ4v) is 3.17. The number of benzene rings is 1. The van der Waals surface area contributed by atoms with Crippen LogP contribution in [-0.2, 0) is 0 Å². The highest BCUT2D eigenvalue weighted by Crippen LogP contribution is 2.48. The van der Waals surface area contributed by atoms with Crippen LogP contribution in [0.4, 0.5) is 0 Å². The Morgan fingerprint density at radius 3 is 2.65 bits per heavy atom. The maximum Gasteiger partial charge on any atom is 0.0106 e. The minimum atomic E-state index is 0.687. The third kappa shape index (κ3) is 4.36. The van der Waals surface area contributed by atoms with Crippen LogP contribution in [0, 0.1) is 5.41 Å². The fourth-order valence-electron chi connectivity index (χ4n) is 2.33. The first kappa shape index (κ1) is 13.0. The van der Waals surface area contributed by atoms with Crippen molar-refractivity contribution in [2.75, 3.05) is 18.8 Å². The summed E-state index contributed by atoms with van der Waals surface area (Å²) in [6.45, 7) is 4.66. The molecule has 0 aromatic heterocycles. The zero-order chi connectivity index (χ0) is 12.0. The van der Waals surface area contributed by atoms with Crippen LogP contribution >= 0.6 is 11.8 Å². The first-order valence-electron chi connectivity index (χ1n) is 6.73. The minimum Gasteiger partial charge on any atom is -0.315 e. The molecule has 1 nitrogen and oxygen atoms in total. The molecule has 1 aromatic rings. The van der Waals surface area contributed by atoms with Gasteiger partial charge in [0, 0.05) is 23.7 Å². The van der Waals surface area contributed by atoms with E-state index in [1.807, 2.05) is 11.8 Å². The molecule has 1 fully saturated rings. The van der Waals surface area contributed by atoms with E-state index in [1.54, 1.807) is 0 Å². The number of hydrogen-bond donors (Lipinski definition) is 1. The van der Waals surface area contributed by atoms with E-state index in [9.17, 15) is 0 Å². The lowest BCUT2D eigenvalue weighted by Crippen LogP contribution is -2.25. The Balaban J connectivity index is 1.55. The smallest absolute Gasteiger partial charge is 0.0106 e. The zero-order valence-corrected chi connectivity index (χ0v) is 11.6. The Bertz CT molecular complexity index is 319. The molecule has 94 valence electrons. The Kier molecular flexibility index (Phi) is 4.93. The third-order valence-electron chi connectivity index (χ3n) is 3.53. The Labute approximate surface area is 109 Å². The predicted molar refractivity (Wildman–Crippen MR) is 76.6 cm³/mol. The van der Waals surface area contributed by atoms with E-state index in [1.165, 1.54) is 42.9 Å². The molecule has 1 aliphatic rings. The summed E-state index contributed by atoms with van der Waals surface area (Å²) in [6.07, 6.45) is 5.63. The predicted octanol–water partition coefficient (Wildman–Crippen LogP) is 3.95. The summed E-state index contributed by atoms with van der Waals surface area (Å²) in [4.78, 5) is 1.38. The molecule has 1 aromatic carbocycles. The Morgan fingerprint density at radius 2 is 2.00 bits per heavy atom.